The first-order valence-electron chi connectivity index (χ1n) is 9.99. The van der Waals surface area contributed by atoms with E-state index in [-0.39, 0.29) is 12.5 Å². The summed E-state index contributed by atoms with van der Waals surface area (Å²) in [6, 6.07) is 11.7. The van der Waals surface area contributed by atoms with Crippen LogP contribution in [0.2, 0.25) is 0 Å². The van der Waals surface area contributed by atoms with Gasteiger partial charge in [0, 0.05) is 22.0 Å². The van der Waals surface area contributed by atoms with Crippen molar-refractivity contribution >= 4 is 59.4 Å². The van der Waals surface area contributed by atoms with E-state index in [1.54, 1.807) is 32.0 Å². The molecule has 0 saturated carbocycles. The van der Waals surface area contributed by atoms with Crippen LogP contribution in [0.5, 0.6) is 0 Å². The van der Waals surface area contributed by atoms with E-state index in [1.165, 1.54) is 4.90 Å². The second-order valence-corrected chi connectivity index (χ2v) is 11.1. The maximum Gasteiger partial charge on any atom is 0.244 e. The fraction of sp³-hybridized carbons (Fsp3) is 0.364. The number of likely N-dealkylation sites (N-methyl/N-ethyl adjacent to an activating group) is 1. The van der Waals surface area contributed by atoms with E-state index in [9.17, 15) is 18.0 Å². The van der Waals surface area contributed by atoms with Gasteiger partial charge in [-0.05, 0) is 62.2 Å². The molecule has 0 aliphatic carbocycles. The molecule has 0 bridgehead atoms. The van der Waals surface area contributed by atoms with Crippen molar-refractivity contribution in [2.45, 2.75) is 33.4 Å². The van der Waals surface area contributed by atoms with Crippen LogP contribution in [0.25, 0.3) is 0 Å². The highest BCUT2D eigenvalue weighted by Gasteiger charge is 2.30. The number of hydrogen-bond acceptors (Lipinski definition) is 4. The Labute approximate surface area is 206 Å². The summed E-state index contributed by atoms with van der Waals surface area (Å²) >= 11 is 6.82. The predicted molar refractivity (Wildman–Crippen MR) is 134 cm³/mol. The highest BCUT2D eigenvalue weighted by Crippen LogP contribution is 2.25. The lowest BCUT2D eigenvalue weighted by molar-refractivity contribution is -0.139. The molecular weight excluding hydrogens is 562 g/mol. The van der Waals surface area contributed by atoms with Crippen molar-refractivity contribution < 1.29 is 18.0 Å². The SMILES string of the molecule is CCNC(=O)[C@@H](C)N(Cc1cccc(Br)c1)C(=O)CN(c1ccc(Br)c(C)c1)S(C)(=O)=O. The zero-order valence-electron chi connectivity index (χ0n) is 18.4. The zero-order chi connectivity index (χ0) is 24.1. The summed E-state index contributed by atoms with van der Waals surface area (Å²) in [6.45, 7) is 5.44. The van der Waals surface area contributed by atoms with Crippen molar-refractivity contribution in [1.29, 1.82) is 0 Å². The summed E-state index contributed by atoms with van der Waals surface area (Å²) in [4.78, 5) is 27.3. The van der Waals surface area contributed by atoms with E-state index in [4.69, 9.17) is 0 Å². The van der Waals surface area contributed by atoms with Crippen LogP contribution in [0.3, 0.4) is 0 Å². The number of amides is 2. The minimum atomic E-state index is -3.75. The zero-order valence-corrected chi connectivity index (χ0v) is 22.4. The van der Waals surface area contributed by atoms with E-state index in [2.05, 4.69) is 37.2 Å². The van der Waals surface area contributed by atoms with Crippen LogP contribution in [0, 0.1) is 6.92 Å². The number of sulfonamides is 1. The smallest absolute Gasteiger partial charge is 0.244 e. The lowest BCUT2D eigenvalue weighted by Gasteiger charge is -2.31. The third-order valence-corrected chi connectivity index (χ3v) is 7.39. The molecular formula is C22H27Br2N3O4S. The molecule has 0 fully saturated rings. The molecule has 0 saturated heterocycles. The number of carbonyl (C=O) groups excluding carboxylic acids is 2. The summed E-state index contributed by atoms with van der Waals surface area (Å²) in [6.07, 6.45) is 1.06. The Morgan fingerprint density at radius 1 is 1.12 bits per heavy atom. The first-order valence-corrected chi connectivity index (χ1v) is 13.4. The van der Waals surface area contributed by atoms with Crippen LogP contribution in [-0.4, -0.2) is 50.5 Å². The molecule has 0 aliphatic heterocycles. The molecule has 0 unspecified atom stereocenters. The quantitative estimate of drug-likeness (QED) is 0.482. The molecule has 0 heterocycles. The van der Waals surface area contributed by atoms with Gasteiger partial charge >= 0.3 is 0 Å². The van der Waals surface area contributed by atoms with Crippen LogP contribution >= 0.6 is 31.9 Å². The first kappa shape index (κ1) is 26.3. The van der Waals surface area contributed by atoms with Gasteiger partial charge in [-0.3, -0.25) is 13.9 Å². The van der Waals surface area contributed by atoms with Crippen LogP contribution in [0.15, 0.2) is 51.4 Å². The summed E-state index contributed by atoms with van der Waals surface area (Å²) < 4.78 is 27.8. The van der Waals surface area contributed by atoms with Crippen molar-refractivity contribution in [3.8, 4) is 0 Å². The Hall–Kier alpha value is -1.91. The summed E-state index contributed by atoms with van der Waals surface area (Å²) in [5.41, 5.74) is 2.04. The average molecular weight is 589 g/mol. The maximum absolute atomic E-state index is 13.4. The number of aryl methyl sites for hydroxylation is 1. The van der Waals surface area contributed by atoms with Gasteiger partial charge in [-0.2, -0.15) is 0 Å². The second-order valence-electron chi connectivity index (χ2n) is 7.43. The number of nitrogens with zero attached hydrogens (tertiary/aromatic N) is 2. The van der Waals surface area contributed by atoms with Gasteiger partial charge in [-0.25, -0.2) is 8.42 Å². The molecule has 32 heavy (non-hydrogen) atoms. The molecule has 0 aliphatic rings. The molecule has 0 radical (unpaired) electrons. The molecule has 1 atom stereocenters. The molecule has 2 aromatic carbocycles. The molecule has 2 rings (SSSR count). The van der Waals surface area contributed by atoms with Crippen molar-refractivity contribution in [1.82, 2.24) is 10.2 Å². The van der Waals surface area contributed by atoms with Crippen molar-refractivity contribution in [3.05, 3.63) is 62.5 Å². The second kappa shape index (κ2) is 11.3. The predicted octanol–water partition coefficient (Wildman–Crippen LogP) is 3.84. The van der Waals surface area contributed by atoms with Crippen molar-refractivity contribution in [2.24, 2.45) is 0 Å². The minimum Gasteiger partial charge on any atom is -0.355 e. The van der Waals surface area contributed by atoms with E-state index in [1.807, 2.05) is 31.2 Å². The standard InChI is InChI=1S/C22H27Br2N3O4S/c1-5-25-22(29)16(3)26(13-17-7-6-8-18(23)12-17)21(28)14-27(32(4,30)31)19-9-10-20(24)15(2)11-19/h6-12,16H,5,13-14H2,1-4H3,(H,25,29)/t16-/m1/s1. The number of benzene rings is 2. The van der Waals surface area contributed by atoms with Crippen LogP contribution in [0.4, 0.5) is 5.69 Å². The largest absolute Gasteiger partial charge is 0.355 e. The van der Waals surface area contributed by atoms with Crippen molar-refractivity contribution in [3.63, 3.8) is 0 Å². The third-order valence-electron chi connectivity index (χ3n) is 4.87. The van der Waals surface area contributed by atoms with Crippen molar-refractivity contribution in [2.75, 3.05) is 23.7 Å². The number of carbonyl (C=O) groups is 2. The van der Waals surface area contributed by atoms with Gasteiger partial charge in [0.1, 0.15) is 12.6 Å². The Balaban J connectivity index is 2.40. The highest BCUT2D eigenvalue weighted by atomic mass is 79.9. The average Bonchev–Trinajstić information content (AvgIpc) is 2.71. The van der Waals surface area contributed by atoms with E-state index in [0.717, 1.165) is 30.6 Å². The molecule has 0 spiro atoms. The number of rotatable bonds is 9. The molecule has 7 nitrogen and oxygen atoms in total. The molecule has 2 aromatic rings. The highest BCUT2D eigenvalue weighted by molar-refractivity contribution is 9.10. The van der Waals surface area contributed by atoms with Gasteiger partial charge in [-0.15, -0.1) is 0 Å². The monoisotopic (exact) mass is 587 g/mol. The van der Waals surface area contributed by atoms with E-state index >= 15 is 0 Å². The fourth-order valence-electron chi connectivity index (χ4n) is 3.13. The third kappa shape index (κ3) is 7.05. The number of halogens is 2. The van der Waals surface area contributed by atoms with Gasteiger partial charge in [0.2, 0.25) is 21.8 Å². The lowest BCUT2D eigenvalue weighted by Crippen LogP contribution is -2.51. The molecule has 174 valence electrons. The normalized spacial score (nSPS) is 12.2. The van der Waals surface area contributed by atoms with Gasteiger partial charge in [0.15, 0.2) is 0 Å². The van der Waals surface area contributed by atoms with Gasteiger partial charge in [-0.1, -0.05) is 44.0 Å². The number of nitrogens with one attached hydrogen (secondary N) is 1. The Kier molecular flexibility index (Phi) is 9.29. The van der Waals surface area contributed by atoms with Crippen LogP contribution in [-0.2, 0) is 26.2 Å². The van der Waals surface area contributed by atoms with Crippen LogP contribution < -0.4 is 9.62 Å². The summed E-state index contributed by atoms with van der Waals surface area (Å²) in [7, 11) is -3.75. The van der Waals surface area contributed by atoms with E-state index in [0.29, 0.717) is 12.2 Å². The molecule has 0 aromatic heterocycles. The Morgan fingerprint density at radius 3 is 2.38 bits per heavy atom. The Morgan fingerprint density at radius 2 is 1.81 bits per heavy atom. The number of hydrogen-bond donors (Lipinski definition) is 1. The molecule has 2 amide bonds. The molecule has 10 heteroatoms. The first-order chi connectivity index (χ1) is 14.9. The lowest BCUT2D eigenvalue weighted by atomic mass is 10.1. The van der Waals surface area contributed by atoms with Crippen LogP contribution in [0.1, 0.15) is 25.0 Å². The fourth-order valence-corrected chi connectivity index (χ4v) is 4.67. The van der Waals surface area contributed by atoms with Gasteiger partial charge in [0.25, 0.3) is 0 Å². The Bertz CT molecular complexity index is 1090. The maximum atomic E-state index is 13.4. The van der Waals surface area contributed by atoms with Gasteiger partial charge < -0.3 is 10.2 Å². The summed E-state index contributed by atoms with van der Waals surface area (Å²) in [5.74, 6) is -0.782. The van der Waals surface area contributed by atoms with Gasteiger partial charge in [0.05, 0.1) is 11.9 Å². The summed E-state index contributed by atoms with van der Waals surface area (Å²) in [5, 5.41) is 2.73. The minimum absolute atomic E-state index is 0.160. The number of anilines is 1. The molecule has 1 N–H and O–H groups in total. The van der Waals surface area contributed by atoms with E-state index < -0.39 is 28.5 Å². The topological polar surface area (TPSA) is 86.8 Å².